The third-order valence-electron chi connectivity index (χ3n) is 2.11. The van der Waals surface area contributed by atoms with Gasteiger partial charge in [0.2, 0.25) is 5.13 Å². The van der Waals surface area contributed by atoms with E-state index in [-0.39, 0.29) is 10.0 Å². The smallest absolute Gasteiger partial charge is 0.328 e. The van der Waals surface area contributed by atoms with Gasteiger partial charge in [-0.2, -0.15) is 0 Å². The van der Waals surface area contributed by atoms with Gasteiger partial charge >= 0.3 is 5.97 Å². The Balaban J connectivity index is 2.28. The van der Waals surface area contributed by atoms with E-state index in [9.17, 15) is 13.2 Å². The molecule has 0 saturated heterocycles. The van der Waals surface area contributed by atoms with E-state index in [1.165, 1.54) is 24.3 Å². The summed E-state index contributed by atoms with van der Waals surface area (Å²) in [6.45, 7) is 0. The molecule has 0 bridgehead atoms. The molecule has 0 amide bonds. The van der Waals surface area contributed by atoms with Crippen molar-refractivity contribution in [1.29, 1.82) is 0 Å². The number of carboxylic acid groups (broad SMARTS) is 1. The van der Waals surface area contributed by atoms with Crippen LogP contribution in [0, 0.1) is 0 Å². The Hall–Kier alpha value is -2.33. The molecule has 1 aromatic carbocycles. The molecule has 1 aromatic heterocycles. The van der Waals surface area contributed by atoms with Crippen LogP contribution < -0.4 is 4.72 Å². The number of aliphatic carboxylic acids is 1. The first-order valence-electron chi connectivity index (χ1n) is 5.16. The number of carboxylic acids is 1. The van der Waals surface area contributed by atoms with E-state index >= 15 is 0 Å². The molecule has 20 heavy (non-hydrogen) atoms. The molecule has 104 valence electrons. The van der Waals surface area contributed by atoms with E-state index in [0.29, 0.717) is 5.56 Å². The topological polar surface area (TPSA) is 122 Å². The monoisotopic (exact) mass is 312 g/mol. The molecule has 0 aliphatic rings. The van der Waals surface area contributed by atoms with Crippen molar-refractivity contribution in [2.24, 2.45) is 0 Å². The Bertz CT molecular complexity index is 740. The second-order valence-corrected chi connectivity index (χ2v) is 5.93. The summed E-state index contributed by atoms with van der Waals surface area (Å²) in [5.74, 6) is -1.11. The summed E-state index contributed by atoms with van der Waals surface area (Å²) < 4.78 is 29.8. The number of rotatable bonds is 5. The molecule has 2 N–H and O–H groups in total. The summed E-state index contributed by atoms with van der Waals surface area (Å²) >= 11 is 0.809. The van der Waals surface area contributed by atoms with Crippen molar-refractivity contribution in [2.75, 3.05) is 4.72 Å². The summed E-state index contributed by atoms with van der Waals surface area (Å²) in [4.78, 5) is 10.4. The van der Waals surface area contributed by atoms with Gasteiger partial charge in [0, 0.05) is 17.6 Å². The van der Waals surface area contributed by atoms with Crippen LogP contribution in [-0.2, 0) is 14.8 Å². The molecule has 2 aromatic rings. The fourth-order valence-corrected chi connectivity index (χ4v) is 2.94. The highest BCUT2D eigenvalue weighted by atomic mass is 32.2. The average Bonchev–Trinajstić information content (AvgIpc) is 2.89. The fraction of sp³-hybridized carbons (Fsp3) is 0. The van der Waals surface area contributed by atoms with Crippen molar-refractivity contribution >= 4 is 38.7 Å². The predicted octanol–water partition coefficient (Wildman–Crippen LogP) is 0.832. The molecule has 0 radical (unpaired) electrons. The van der Waals surface area contributed by atoms with Crippen LogP contribution in [0.1, 0.15) is 5.56 Å². The lowest BCUT2D eigenvalue weighted by Crippen LogP contribution is -2.12. The van der Waals surface area contributed by atoms with Gasteiger partial charge in [0.1, 0.15) is 0 Å². The Kier molecular flexibility index (Phi) is 4.05. The van der Waals surface area contributed by atoms with E-state index in [1.54, 1.807) is 6.07 Å². The van der Waals surface area contributed by atoms with E-state index in [2.05, 4.69) is 19.5 Å². The average molecular weight is 312 g/mol. The summed E-state index contributed by atoms with van der Waals surface area (Å²) in [7, 11) is -3.81. The molecular weight excluding hydrogens is 304 g/mol. The zero-order chi connectivity index (χ0) is 14.6. The number of aromatic nitrogens is 3. The van der Waals surface area contributed by atoms with Gasteiger partial charge in [-0.05, 0) is 29.0 Å². The van der Waals surface area contributed by atoms with Crippen LogP contribution in [0.4, 0.5) is 5.13 Å². The highest BCUT2D eigenvalue weighted by Crippen LogP contribution is 2.17. The minimum atomic E-state index is -3.81. The minimum absolute atomic E-state index is 0.0137. The maximum absolute atomic E-state index is 12.0. The molecule has 8 nitrogen and oxygen atoms in total. The maximum atomic E-state index is 12.0. The van der Waals surface area contributed by atoms with Gasteiger partial charge < -0.3 is 5.11 Å². The fourth-order valence-electron chi connectivity index (χ4n) is 1.30. The summed E-state index contributed by atoms with van der Waals surface area (Å²) in [6, 6.07) is 5.82. The largest absolute Gasteiger partial charge is 0.478 e. The number of nitrogens with zero attached hydrogens (tertiary/aromatic N) is 3. The molecule has 1 heterocycles. The molecule has 2 rings (SSSR count). The number of nitrogens with one attached hydrogen (secondary N) is 1. The first-order valence-corrected chi connectivity index (χ1v) is 7.42. The van der Waals surface area contributed by atoms with Gasteiger partial charge in [0.25, 0.3) is 10.0 Å². The first-order chi connectivity index (χ1) is 9.47. The molecule has 0 atom stereocenters. The number of carbonyl (C=O) groups is 1. The zero-order valence-corrected chi connectivity index (χ0v) is 11.4. The predicted molar refractivity (Wildman–Crippen MR) is 71.6 cm³/mol. The standard InChI is InChI=1S/C10H8N4O4S2/c15-9(16)5-4-7-2-1-3-8(6-7)20(17,18)12-10-11-13-14-19-10/h1-6H,(H,15,16)(H,11,12,14)/b5-4+. The van der Waals surface area contributed by atoms with Crippen molar-refractivity contribution in [2.45, 2.75) is 4.90 Å². The van der Waals surface area contributed by atoms with Gasteiger partial charge in [-0.15, -0.1) is 0 Å². The van der Waals surface area contributed by atoms with Crippen LogP contribution in [0.5, 0.6) is 0 Å². The zero-order valence-electron chi connectivity index (χ0n) is 9.79. The molecule has 0 saturated carbocycles. The van der Waals surface area contributed by atoms with Crippen molar-refractivity contribution in [1.82, 2.24) is 14.8 Å². The molecule has 0 unspecified atom stereocenters. The van der Waals surface area contributed by atoms with Crippen molar-refractivity contribution < 1.29 is 18.3 Å². The second-order valence-electron chi connectivity index (χ2n) is 3.52. The van der Waals surface area contributed by atoms with Crippen LogP contribution in [-0.4, -0.2) is 34.3 Å². The summed E-state index contributed by atoms with van der Waals surface area (Å²) in [6.07, 6.45) is 2.22. The van der Waals surface area contributed by atoms with Crippen molar-refractivity contribution in [3.63, 3.8) is 0 Å². The third-order valence-corrected chi connectivity index (χ3v) is 4.08. The molecule has 0 fully saturated rings. The van der Waals surface area contributed by atoms with E-state index < -0.39 is 16.0 Å². The molecule has 0 aliphatic carbocycles. The number of anilines is 1. The van der Waals surface area contributed by atoms with E-state index in [0.717, 1.165) is 17.6 Å². The summed E-state index contributed by atoms with van der Waals surface area (Å²) in [5, 5.41) is 15.4. The van der Waals surface area contributed by atoms with Crippen LogP contribution in [0.25, 0.3) is 6.08 Å². The van der Waals surface area contributed by atoms with Crippen LogP contribution in [0.15, 0.2) is 35.2 Å². The SMILES string of the molecule is O=C(O)/C=C/c1cccc(S(=O)(=O)Nc2nnns2)c1. The number of hydrogen-bond acceptors (Lipinski definition) is 7. The molecule has 0 aliphatic heterocycles. The Morgan fingerprint density at radius 3 is 2.85 bits per heavy atom. The molecule has 0 spiro atoms. The lowest BCUT2D eigenvalue weighted by molar-refractivity contribution is -0.131. The Labute approximate surface area is 118 Å². The normalized spacial score (nSPS) is 11.6. The van der Waals surface area contributed by atoms with Gasteiger partial charge in [0.15, 0.2) is 0 Å². The van der Waals surface area contributed by atoms with Crippen LogP contribution >= 0.6 is 11.5 Å². The lowest BCUT2D eigenvalue weighted by Gasteiger charge is -2.04. The van der Waals surface area contributed by atoms with Gasteiger partial charge in [-0.25, -0.2) is 13.2 Å². The quantitative estimate of drug-likeness (QED) is 0.784. The maximum Gasteiger partial charge on any atom is 0.328 e. The third kappa shape index (κ3) is 3.59. The Morgan fingerprint density at radius 2 is 2.20 bits per heavy atom. The Morgan fingerprint density at radius 1 is 1.40 bits per heavy atom. The first kappa shape index (κ1) is 14.1. The van der Waals surface area contributed by atoms with Gasteiger partial charge in [-0.1, -0.05) is 21.7 Å². The van der Waals surface area contributed by atoms with Crippen molar-refractivity contribution in [3.05, 3.63) is 35.9 Å². The molecule has 10 heteroatoms. The van der Waals surface area contributed by atoms with E-state index in [1.807, 2.05) is 0 Å². The van der Waals surface area contributed by atoms with Gasteiger partial charge in [-0.3, -0.25) is 4.72 Å². The highest BCUT2D eigenvalue weighted by molar-refractivity contribution is 7.93. The highest BCUT2D eigenvalue weighted by Gasteiger charge is 2.16. The van der Waals surface area contributed by atoms with Gasteiger partial charge in [0.05, 0.1) is 4.90 Å². The van der Waals surface area contributed by atoms with Crippen LogP contribution in [0.2, 0.25) is 0 Å². The number of sulfonamides is 1. The summed E-state index contributed by atoms with van der Waals surface area (Å²) in [5.41, 5.74) is 0.450. The van der Waals surface area contributed by atoms with E-state index in [4.69, 9.17) is 5.11 Å². The van der Waals surface area contributed by atoms with Crippen LogP contribution in [0.3, 0.4) is 0 Å². The van der Waals surface area contributed by atoms with Crippen molar-refractivity contribution in [3.8, 4) is 0 Å². The minimum Gasteiger partial charge on any atom is -0.478 e. The number of benzene rings is 1. The second kappa shape index (κ2) is 5.75. The molecular formula is C10H8N4O4S2. The number of hydrogen-bond donors (Lipinski definition) is 2. The lowest BCUT2D eigenvalue weighted by atomic mass is 10.2.